The number of hydrogen-bond acceptors (Lipinski definition) is 6. The van der Waals surface area contributed by atoms with E-state index in [0.717, 1.165) is 47.3 Å². The van der Waals surface area contributed by atoms with Crippen molar-refractivity contribution in [3.63, 3.8) is 0 Å². The Morgan fingerprint density at radius 2 is 1.72 bits per heavy atom. The van der Waals surface area contributed by atoms with E-state index >= 15 is 0 Å². The van der Waals surface area contributed by atoms with Gasteiger partial charge in [0, 0.05) is 33.9 Å². The average molecular weight is 646 g/mol. The highest BCUT2D eigenvalue weighted by atomic mass is 79.9. The van der Waals surface area contributed by atoms with Crippen LogP contribution in [0.5, 0.6) is 0 Å². The van der Waals surface area contributed by atoms with Gasteiger partial charge in [-0.05, 0) is 80.4 Å². The highest BCUT2D eigenvalue weighted by Crippen LogP contribution is 2.47. The molecule has 0 unspecified atom stereocenters. The third-order valence-electron chi connectivity index (χ3n) is 9.11. The Labute approximate surface area is 260 Å². The van der Waals surface area contributed by atoms with Crippen LogP contribution >= 0.6 is 15.9 Å². The van der Waals surface area contributed by atoms with Crippen LogP contribution in [0.1, 0.15) is 37.3 Å². The van der Waals surface area contributed by atoms with E-state index in [1.807, 2.05) is 66.4 Å². The highest BCUT2D eigenvalue weighted by Gasteiger charge is 2.54. The number of anilines is 3. The van der Waals surface area contributed by atoms with E-state index < -0.39 is 23.0 Å². The molecule has 43 heavy (non-hydrogen) atoms. The number of aliphatic hydroxyl groups is 2. The van der Waals surface area contributed by atoms with Gasteiger partial charge in [0.1, 0.15) is 5.54 Å². The second-order valence-electron chi connectivity index (χ2n) is 11.6. The first-order valence-electron chi connectivity index (χ1n) is 14.9. The number of fused-ring (bicyclic) bond motifs is 1. The predicted octanol–water partition coefficient (Wildman–Crippen LogP) is 4.69. The lowest BCUT2D eigenvalue weighted by Crippen LogP contribution is -2.55. The normalized spacial score (nSPS) is 22.2. The number of para-hydroxylation sites is 1. The Bertz CT molecular complexity index is 1540. The molecule has 0 saturated carbocycles. The van der Waals surface area contributed by atoms with Gasteiger partial charge in [0.15, 0.2) is 5.60 Å². The minimum atomic E-state index is -1.74. The van der Waals surface area contributed by atoms with Crippen LogP contribution in [0.4, 0.5) is 17.1 Å². The summed E-state index contributed by atoms with van der Waals surface area (Å²) in [4.78, 5) is 33.9. The molecular formula is C34H37BrN4O4. The molecule has 0 aliphatic carbocycles. The van der Waals surface area contributed by atoms with Gasteiger partial charge >= 0.3 is 0 Å². The fourth-order valence-corrected chi connectivity index (χ4v) is 7.12. The zero-order chi connectivity index (χ0) is 30.2. The summed E-state index contributed by atoms with van der Waals surface area (Å²) < 4.78 is 0.773. The van der Waals surface area contributed by atoms with Crippen LogP contribution in [0.2, 0.25) is 0 Å². The van der Waals surface area contributed by atoms with Crippen LogP contribution in [0.15, 0.2) is 89.4 Å². The molecule has 1 spiro atoms. The standard InChI is InChI=1S/C34H37BrN4O4/c1-24(8-5-6-19-40)34(43)29-21-26(35)13-14-30(29)37(32(34)42)22-25-9-7-12-28(20-25)38-23-39(27-10-3-2-4-11-27)33(31(38)41)15-17-36-18-16-33/h2-5,7-14,20-21,24,36,40,43H,6,15-19,22-23H2,1H3/b8-5+/t24-,34+/m1/s1. The summed E-state index contributed by atoms with van der Waals surface area (Å²) in [5.41, 5.74) is 1.54. The van der Waals surface area contributed by atoms with E-state index in [9.17, 15) is 19.8 Å². The van der Waals surface area contributed by atoms with Crippen molar-refractivity contribution in [2.45, 2.75) is 43.9 Å². The lowest BCUT2D eigenvalue weighted by molar-refractivity contribution is -0.139. The van der Waals surface area contributed by atoms with Crippen molar-refractivity contribution in [1.82, 2.24) is 5.32 Å². The molecule has 9 heteroatoms. The maximum Gasteiger partial charge on any atom is 0.264 e. The fraction of sp³-hybridized carbons (Fsp3) is 0.353. The van der Waals surface area contributed by atoms with Crippen molar-refractivity contribution < 1.29 is 19.8 Å². The quantitative estimate of drug-likeness (QED) is 0.308. The van der Waals surface area contributed by atoms with Crippen LogP contribution in [0.3, 0.4) is 0 Å². The van der Waals surface area contributed by atoms with Gasteiger partial charge in [0.25, 0.3) is 11.8 Å². The fourth-order valence-electron chi connectivity index (χ4n) is 6.76. The van der Waals surface area contributed by atoms with Gasteiger partial charge in [-0.25, -0.2) is 0 Å². The van der Waals surface area contributed by atoms with Crippen molar-refractivity contribution in [1.29, 1.82) is 0 Å². The largest absolute Gasteiger partial charge is 0.396 e. The van der Waals surface area contributed by atoms with Crippen LogP contribution in [-0.2, 0) is 21.7 Å². The summed E-state index contributed by atoms with van der Waals surface area (Å²) in [6, 6.07) is 23.5. The van der Waals surface area contributed by atoms with E-state index in [1.54, 1.807) is 23.1 Å². The molecule has 3 aromatic carbocycles. The zero-order valence-electron chi connectivity index (χ0n) is 24.2. The Morgan fingerprint density at radius 1 is 0.977 bits per heavy atom. The van der Waals surface area contributed by atoms with Gasteiger partial charge in [-0.15, -0.1) is 0 Å². The summed E-state index contributed by atoms with van der Waals surface area (Å²) in [7, 11) is 0. The number of carbonyl (C=O) groups excluding carboxylic acids is 2. The predicted molar refractivity (Wildman–Crippen MR) is 172 cm³/mol. The number of aliphatic hydroxyl groups excluding tert-OH is 1. The number of nitrogens with one attached hydrogen (secondary N) is 1. The number of hydrogen-bond donors (Lipinski definition) is 3. The summed E-state index contributed by atoms with van der Waals surface area (Å²) in [6.45, 7) is 4.08. The maximum atomic E-state index is 14.2. The van der Waals surface area contributed by atoms with Gasteiger partial charge in [-0.2, -0.15) is 0 Å². The first-order chi connectivity index (χ1) is 20.8. The van der Waals surface area contributed by atoms with Gasteiger partial charge in [-0.1, -0.05) is 65.3 Å². The lowest BCUT2D eigenvalue weighted by atomic mass is 9.83. The number of nitrogens with zero attached hydrogens (tertiary/aromatic N) is 3. The second-order valence-corrected chi connectivity index (χ2v) is 12.6. The molecule has 3 aliphatic heterocycles. The van der Waals surface area contributed by atoms with E-state index in [-0.39, 0.29) is 19.1 Å². The third kappa shape index (κ3) is 5.08. The molecule has 0 radical (unpaired) electrons. The van der Waals surface area contributed by atoms with Gasteiger partial charge < -0.3 is 25.3 Å². The molecule has 0 aromatic heterocycles. The molecule has 6 rings (SSSR count). The second kappa shape index (κ2) is 11.9. The molecule has 8 nitrogen and oxygen atoms in total. The Morgan fingerprint density at radius 3 is 2.47 bits per heavy atom. The molecule has 3 N–H and O–H groups in total. The summed E-state index contributed by atoms with van der Waals surface area (Å²) >= 11 is 3.50. The Hall–Kier alpha value is -3.50. The molecule has 3 heterocycles. The molecule has 224 valence electrons. The number of halogens is 1. The van der Waals surface area contributed by atoms with Crippen LogP contribution < -0.4 is 20.0 Å². The van der Waals surface area contributed by atoms with Crippen molar-refractivity contribution in [3.05, 3.63) is 101 Å². The molecule has 3 aliphatic rings. The van der Waals surface area contributed by atoms with Crippen LogP contribution in [-0.4, -0.2) is 53.9 Å². The topological polar surface area (TPSA) is 96.3 Å². The van der Waals surface area contributed by atoms with Gasteiger partial charge in [0.2, 0.25) is 0 Å². The summed E-state index contributed by atoms with van der Waals surface area (Å²) in [5.74, 6) is -0.808. The SMILES string of the molecule is C[C@H](/C=C/CCO)[C@@]1(O)C(=O)N(Cc2cccc(N3CN(c4ccccc4)C4(CCNCC4)C3=O)c2)c2ccc(Br)cc21. The maximum absolute atomic E-state index is 14.2. The zero-order valence-corrected chi connectivity index (χ0v) is 25.8. The van der Waals surface area contributed by atoms with Crippen molar-refractivity contribution in [2.24, 2.45) is 5.92 Å². The average Bonchev–Trinajstić information content (AvgIpc) is 3.41. The minimum absolute atomic E-state index is 0.000827. The number of piperidine rings is 1. The van der Waals surface area contributed by atoms with E-state index in [0.29, 0.717) is 24.3 Å². The first kappa shape index (κ1) is 29.6. The smallest absolute Gasteiger partial charge is 0.264 e. The van der Waals surface area contributed by atoms with Gasteiger partial charge in [0.05, 0.1) is 18.9 Å². The van der Waals surface area contributed by atoms with Crippen molar-refractivity contribution in [3.8, 4) is 0 Å². The number of rotatable bonds is 8. The molecule has 2 fully saturated rings. The number of amides is 2. The molecule has 2 amide bonds. The highest BCUT2D eigenvalue weighted by molar-refractivity contribution is 9.10. The monoisotopic (exact) mass is 644 g/mol. The van der Waals surface area contributed by atoms with Gasteiger partial charge in [-0.3, -0.25) is 14.5 Å². The number of carbonyl (C=O) groups is 2. The number of benzene rings is 3. The summed E-state index contributed by atoms with van der Waals surface area (Å²) in [6.07, 6.45) is 5.49. The van der Waals surface area contributed by atoms with Crippen LogP contribution in [0.25, 0.3) is 0 Å². The third-order valence-corrected chi connectivity index (χ3v) is 9.61. The van der Waals surface area contributed by atoms with E-state index in [2.05, 4.69) is 38.3 Å². The summed E-state index contributed by atoms with van der Waals surface area (Å²) in [5, 5.41) is 24.5. The van der Waals surface area contributed by atoms with Crippen LogP contribution in [0, 0.1) is 5.92 Å². The van der Waals surface area contributed by atoms with E-state index in [1.165, 1.54) is 0 Å². The van der Waals surface area contributed by atoms with Crippen molar-refractivity contribution >= 4 is 44.8 Å². The molecule has 0 bridgehead atoms. The minimum Gasteiger partial charge on any atom is -0.396 e. The Kier molecular flexibility index (Phi) is 8.17. The first-order valence-corrected chi connectivity index (χ1v) is 15.6. The molecule has 2 atom stereocenters. The lowest BCUT2D eigenvalue weighted by Gasteiger charge is -2.39. The molecule has 2 saturated heterocycles. The Balaban J connectivity index is 1.31. The molecular weight excluding hydrogens is 608 g/mol. The van der Waals surface area contributed by atoms with Crippen molar-refractivity contribution in [2.75, 3.05) is 41.1 Å². The van der Waals surface area contributed by atoms with E-state index in [4.69, 9.17) is 0 Å². The molecule has 3 aromatic rings.